The van der Waals surface area contributed by atoms with Gasteiger partial charge in [0.05, 0.1) is 0 Å². The molecule has 4 heteroatoms. The SMILES string of the molecule is CC.Cc1c(N)cc(Cl)nc1Cl. The van der Waals surface area contributed by atoms with Crippen molar-refractivity contribution in [2.75, 3.05) is 5.73 Å². The third-order valence-electron chi connectivity index (χ3n) is 1.22. The number of nitrogens with zero attached hydrogens (tertiary/aromatic N) is 1. The maximum absolute atomic E-state index is 5.64. The second kappa shape index (κ2) is 5.22. The average molecular weight is 207 g/mol. The van der Waals surface area contributed by atoms with E-state index in [-0.39, 0.29) is 0 Å². The minimum absolute atomic E-state index is 0.327. The number of pyridine rings is 1. The van der Waals surface area contributed by atoms with Crippen LogP contribution in [-0.4, -0.2) is 4.98 Å². The quantitative estimate of drug-likeness (QED) is 0.663. The molecular weight excluding hydrogens is 195 g/mol. The molecule has 0 spiro atoms. The van der Waals surface area contributed by atoms with Gasteiger partial charge in [-0.3, -0.25) is 0 Å². The third-order valence-corrected chi connectivity index (χ3v) is 1.78. The van der Waals surface area contributed by atoms with Gasteiger partial charge in [0.1, 0.15) is 10.3 Å². The molecule has 0 unspecified atom stereocenters. The zero-order valence-corrected chi connectivity index (χ0v) is 8.87. The van der Waals surface area contributed by atoms with Gasteiger partial charge in [0.15, 0.2) is 0 Å². The van der Waals surface area contributed by atoms with Gasteiger partial charge < -0.3 is 5.73 Å². The normalized spacial score (nSPS) is 8.75. The lowest BCUT2D eigenvalue weighted by atomic mass is 10.3. The van der Waals surface area contributed by atoms with E-state index in [0.29, 0.717) is 16.0 Å². The maximum Gasteiger partial charge on any atom is 0.135 e. The molecule has 0 saturated carbocycles. The van der Waals surface area contributed by atoms with Gasteiger partial charge in [0.2, 0.25) is 0 Å². The number of nitrogens with two attached hydrogens (primary N) is 1. The minimum atomic E-state index is 0.327. The highest BCUT2D eigenvalue weighted by Gasteiger charge is 2.01. The van der Waals surface area contributed by atoms with Crippen molar-refractivity contribution in [1.82, 2.24) is 4.98 Å². The van der Waals surface area contributed by atoms with Gasteiger partial charge in [0, 0.05) is 11.3 Å². The fourth-order valence-electron chi connectivity index (χ4n) is 0.566. The zero-order chi connectivity index (χ0) is 9.72. The van der Waals surface area contributed by atoms with Crippen molar-refractivity contribution in [2.24, 2.45) is 0 Å². The molecule has 1 aromatic heterocycles. The van der Waals surface area contributed by atoms with Crippen LogP contribution in [0.15, 0.2) is 6.07 Å². The third kappa shape index (κ3) is 2.88. The Morgan fingerprint density at radius 1 is 1.33 bits per heavy atom. The van der Waals surface area contributed by atoms with Gasteiger partial charge >= 0.3 is 0 Å². The van der Waals surface area contributed by atoms with Gasteiger partial charge in [-0.2, -0.15) is 0 Å². The van der Waals surface area contributed by atoms with Crippen molar-refractivity contribution >= 4 is 28.9 Å². The Hall–Kier alpha value is -0.470. The molecule has 12 heavy (non-hydrogen) atoms. The summed E-state index contributed by atoms with van der Waals surface area (Å²) in [6.45, 7) is 5.79. The van der Waals surface area contributed by atoms with E-state index in [4.69, 9.17) is 28.9 Å². The van der Waals surface area contributed by atoms with Crippen LogP contribution < -0.4 is 5.73 Å². The lowest BCUT2D eigenvalue weighted by Crippen LogP contribution is -1.92. The Balaban J connectivity index is 0.000000561. The predicted octanol–water partition coefficient (Wildman–Crippen LogP) is 3.31. The average Bonchev–Trinajstić information content (AvgIpc) is 2.04. The van der Waals surface area contributed by atoms with Crippen LogP contribution in [0.5, 0.6) is 0 Å². The van der Waals surface area contributed by atoms with E-state index >= 15 is 0 Å². The molecule has 0 amide bonds. The van der Waals surface area contributed by atoms with E-state index in [9.17, 15) is 0 Å². The summed E-state index contributed by atoms with van der Waals surface area (Å²) < 4.78 is 0. The van der Waals surface area contributed by atoms with Crippen molar-refractivity contribution in [3.05, 3.63) is 21.9 Å². The first-order valence-corrected chi connectivity index (χ1v) is 4.45. The molecule has 0 aliphatic rings. The first kappa shape index (κ1) is 11.5. The molecule has 0 aliphatic heterocycles. The number of nitrogen functional groups attached to an aromatic ring is 1. The molecule has 1 heterocycles. The van der Waals surface area contributed by atoms with Crippen LogP contribution in [0.4, 0.5) is 5.69 Å². The maximum atomic E-state index is 5.64. The van der Waals surface area contributed by atoms with Gasteiger partial charge in [-0.05, 0) is 13.0 Å². The number of anilines is 1. The fourth-order valence-corrected chi connectivity index (χ4v) is 1.01. The summed E-state index contributed by atoms with van der Waals surface area (Å²) >= 11 is 11.2. The summed E-state index contributed by atoms with van der Waals surface area (Å²) in [5.41, 5.74) is 6.86. The van der Waals surface area contributed by atoms with Crippen molar-refractivity contribution in [1.29, 1.82) is 0 Å². The largest absolute Gasteiger partial charge is 0.398 e. The molecule has 1 rings (SSSR count). The van der Waals surface area contributed by atoms with E-state index in [1.807, 2.05) is 13.8 Å². The monoisotopic (exact) mass is 206 g/mol. The Kier molecular flexibility index (Phi) is 5.02. The molecule has 0 aliphatic carbocycles. The minimum Gasteiger partial charge on any atom is -0.398 e. The van der Waals surface area contributed by atoms with E-state index < -0.39 is 0 Å². The van der Waals surface area contributed by atoms with E-state index in [1.54, 1.807) is 13.0 Å². The van der Waals surface area contributed by atoms with Crippen molar-refractivity contribution < 1.29 is 0 Å². The number of aromatic nitrogens is 1. The highest BCUT2D eigenvalue weighted by Crippen LogP contribution is 2.21. The van der Waals surface area contributed by atoms with Crippen LogP contribution in [0.25, 0.3) is 0 Å². The lowest BCUT2D eigenvalue weighted by molar-refractivity contribution is 1.27. The Morgan fingerprint density at radius 2 is 1.83 bits per heavy atom. The number of hydrogen-bond donors (Lipinski definition) is 1. The summed E-state index contributed by atoms with van der Waals surface area (Å²) in [6.07, 6.45) is 0. The van der Waals surface area contributed by atoms with Crippen LogP contribution in [0.2, 0.25) is 10.3 Å². The first-order valence-electron chi connectivity index (χ1n) is 3.69. The predicted molar refractivity (Wildman–Crippen MR) is 54.8 cm³/mol. The second-order valence-corrected chi connectivity index (χ2v) is 2.70. The van der Waals surface area contributed by atoms with Gasteiger partial charge in [0.25, 0.3) is 0 Å². The Labute approximate surface area is 82.7 Å². The molecule has 0 aromatic carbocycles. The standard InChI is InChI=1S/C6H6Cl2N2.C2H6/c1-3-4(9)2-5(7)10-6(3)8;1-2/h2H,1H3,(H2,9,10);1-2H3. The van der Waals surface area contributed by atoms with Gasteiger partial charge in [-0.15, -0.1) is 0 Å². The molecule has 2 N–H and O–H groups in total. The highest BCUT2D eigenvalue weighted by atomic mass is 35.5. The number of hydrogen-bond acceptors (Lipinski definition) is 2. The summed E-state index contributed by atoms with van der Waals surface area (Å²) in [6, 6.07) is 1.57. The van der Waals surface area contributed by atoms with Crippen molar-refractivity contribution in [2.45, 2.75) is 20.8 Å². The van der Waals surface area contributed by atoms with Crippen LogP contribution in [-0.2, 0) is 0 Å². The Bertz CT molecular complexity index is 238. The molecule has 0 saturated heterocycles. The summed E-state index contributed by atoms with van der Waals surface area (Å²) in [5.74, 6) is 0. The molecule has 0 atom stereocenters. The topological polar surface area (TPSA) is 38.9 Å². The smallest absolute Gasteiger partial charge is 0.135 e. The highest BCUT2D eigenvalue weighted by molar-refractivity contribution is 6.33. The van der Waals surface area contributed by atoms with E-state index in [0.717, 1.165) is 5.56 Å². The molecule has 0 bridgehead atoms. The van der Waals surface area contributed by atoms with Gasteiger partial charge in [-0.1, -0.05) is 37.0 Å². The van der Waals surface area contributed by atoms with E-state index in [1.165, 1.54) is 0 Å². The van der Waals surface area contributed by atoms with Crippen molar-refractivity contribution in [3.8, 4) is 0 Å². The van der Waals surface area contributed by atoms with Crippen molar-refractivity contribution in [3.63, 3.8) is 0 Å². The zero-order valence-electron chi connectivity index (χ0n) is 7.36. The number of halogens is 2. The number of rotatable bonds is 0. The summed E-state index contributed by atoms with van der Waals surface area (Å²) in [5, 5.41) is 0.693. The second-order valence-electron chi connectivity index (χ2n) is 1.95. The summed E-state index contributed by atoms with van der Waals surface area (Å²) in [7, 11) is 0. The lowest BCUT2D eigenvalue weighted by Gasteiger charge is -2.00. The molecule has 0 fully saturated rings. The molecule has 2 nitrogen and oxygen atoms in total. The van der Waals surface area contributed by atoms with Crippen LogP contribution in [0.3, 0.4) is 0 Å². The Morgan fingerprint density at radius 3 is 2.25 bits per heavy atom. The molecular formula is C8H12Cl2N2. The fraction of sp³-hybridized carbons (Fsp3) is 0.375. The molecule has 0 radical (unpaired) electrons. The molecule has 1 aromatic rings. The molecule has 68 valence electrons. The summed E-state index contributed by atoms with van der Waals surface area (Å²) in [4.78, 5) is 3.78. The van der Waals surface area contributed by atoms with Gasteiger partial charge in [-0.25, -0.2) is 4.98 Å². The van der Waals surface area contributed by atoms with Crippen LogP contribution in [0.1, 0.15) is 19.4 Å². The van der Waals surface area contributed by atoms with Crippen LogP contribution in [0, 0.1) is 6.92 Å². The van der Waals surface area contributed by atoms with E-state index in [2.05, 4.69) is 4.98 Å². The first-order chi connectivity index (χ1) is 5.61. The van der Waals surface area contributed by atoms with Crippen LogP contribution >= 0.6 is 23.2 Å².